The highest BCUT2D eigenvalue weighted by Gasteiger charge is 2.08. The normalized spacial score (nSPS) is 10.8. The Kier molecular flexibility index (Phi) is 9.15. The van der Waals surface area contributed by atoms with Crippen LogP contribution in [0.1, 0.15) is 26.7 Å². The molecule has 6 nitrogen and oxygen atoms in total. The van der Waals surface area contributed by atoms with Crippen LogP contribution in [0.2, 0.25) is 10.3 Å². The van der Waals surface area contributed by atoms with E-state index in [1.165, 1.54) is 12.1 Å². The number of halogens is 2. The summed E-state index contributed by atoms with van der Waals surface area (Å²) in [5.74, 6) is 0. The van der Waals surface area contributed by atoms with E-state index >= 15 is 0 Å². The summed E-state index contributed by atoms with van der Waals surface area (Å²) in [6.07, 6.45) is 1.24. The van der Waals surface area contributed by atoms with Crippen molar-refractivity contribution in [2.24, 2.45) is 0 Å². The fraction of sp³-hybridized carbons (Fsp3) is 0.571. The number of anilines is 1. The SMILES string of the molecule is CCOC(CCCNC(=O)Nc1cc(Cl)nc(Cl)c1)OCC. The first-order valence-electron chi connectivity index (χ1n) is 7.16. The summed E-state index contributed by atoms with van der Waals surface area (Å²) in [6, 6.07) is 2.71. The van der Waals surface area contributed by atoms with Crippen molar-refractivity contribution in [3.8, 4) is 0 Å². The van der Waals surface area contributed by atoms with Crippen LogP contribution in [0, 0.1) is 0 Å². The van der Waals surface area contributed by atoms with E-state index in [1.54, 1.807) is 0 Å². The molecule has 0 spiro atoms. The number of nitrogens with zero attached hydrogens (tertiary/aromatic N) is 1. The Morgan fingerprint density at radius 1 is 1.23 bits per heavy atom. The van der Waals surface area contributed by atoms with E-state index in [0.29, 0.717) is 25.4 Å². The van der Waals surface area contributed by atoms with Crippen LogP contribution in [0.4, 0.5) is 10.5 Å². The minimum absolute atomic E-state index is 0.221. The van der Waals surface area contributed by atoms with Gasteiger partial charge in [-0.25, -0.2) is 9.78 Å². The van der Waals surface area contributed by atoms with E-state index in [2.05, 4.69) is 15.6 Å². The minimum Gasteiger partial charge on any atom is -0.353 e. The van der Waals surface area contributed by atoms with Crippen molar-refractivity contribution in [1.29, 1.82) is 0 Å². The lowest BCUT2D eigenvalue weighted by Gasteiger charge is -2.16. The molecule has 0 aromatic carbocycles. The van der Waals surface area contributed by atoms with Gasteiger partial charge in [0.05, 0.1) is 0 Å². The standard InChI is InChI=1S/C14H21Cl2N3O3/c1-3-21-13(22-4-2)6-5-7-17-14(20)18-10-8-11(15)19-12(16)9-10/h8-9,13H,3-7H2,1-2H3,(H2,17,18,19,20). The molecule has 0 saturated carbocycles. The molecule has 0 fully saturated rings. The van der Waals surface area contributed by atoms with Crippen molar-refractivity contribution in [3.05, 3.63) is 22.4 Å². The van der Waals surface area contributed by atoms with Gasteiger partial charge in [-0.2, -0.15) is 0 Å². The number of rotatable bonds is 9. The molecule has 0 saturated heterocycles. The zero-order valence-corrected chi connectivity index (χ0v) is 14.2. The average Bonchev–Trinajstić information content (AvgIpc) is 2.42. The molecule has 8 heteroatoms. The molecule has 0 radical (unpaired) electrons. The lowest BCUT2D eigenvalue weighted by molar-refractivity contribution is -0.139. The number of aromatic nitrogens is 1. The first-order valence-corrected chi connectivity index (χ1v) is 7.91. The van der Waals surface area contributed by atoms with Crippen molar-refractivity contribution in [3.63, 3.8) is 0 Å². The van der Waals surface area contributed by atoms with E-state index in [4.69, 9.17) is 32.7 Å². The maximum Gasteiger partial charge on any atom is 0.319 e. The Morgan fingerprint density at radius 3 is 2.36 bits per heavy atom. The van der Waals surface area contributed by atoms with Crippen molar-refractivity contribution in [2.75, 3.05) is 25.1 Å². The van der Waals surface area contributed by atoms with Crippen LogP contribution in [0.3, 0.4) is 0 Å². The summed E-state index contributed by atoms with van der Waals surface area (Å²) < 4.78 is 10.8. The summed E-state index contributed by atoms with van der Waals surface area (Å²) in [6.45, 7) is 5.55. The maximum absolute atomic E-state index is 11.7. The van der Waals surface area contributed by atoms with Crippen molar-refractivity contribution >= 4 is 34.9 Å². The molecular formula is C14H21Cl2N3O3. The molecule has 2 N–H and O–H groups in total. The highest BCUT2D eigenvalue weighted by Crippen LogP contribution is 2.18. The molecule has 1 rings (SSSR count). The number of pyridine rings is 1. The number of carbonyl (C=O) groups is 1. The summed E-state index contributed by atoms with van der Waals surface area (Å²) in [5, 5.41) is 5.83. The van der Waals surface area contributed by atoms with Crippen molar-refractivity contribution in [1.82, 2.24) is 10.3 Å². The third kappa shape index (κ3) is 7.79. The number of nitrogens with one attached hydrogen (secondary N) is 2. The maximum atomic E-state index is 11.7. The van der Waals surface area contributed by atoms with E-state index in [1.807, 2.05) is 13.8 Å². The zero-order chi connectivity index (χ0) is 16.4. The first-order chi connectivity index (χ1) is 10.5. The average molecular weight is 350 g/mol. The van der Waals surface area contributed by atoms with E-state index in [-0.39, 0.29) is 22.6 Å². The number of urea groups is 1. The van der Waals surface area contributed by atoms with Crippen molar-refractivity contribution < 1.29 is 14.3 Å². The zero-order valence-electron chi connectivity index (χ0n) is 12.7. The molecule has 22 heavy (non-hydrogen) atoms. The summed E-state index contributed by atoms with van der Waals surface area (Å²) in [4.78, 5) is 15.5. The Balaban J connectivity index is 2.28. The molecule has 0 atom stereocenters. The molecular weight excluding hydrogens is 329 g/mol. The number of hydrogen-bond acceptors (Lipinski definition) is 4. The molecule has 0 bridgehead atoms. The van der Waals surface area contributed by atoms with Crippen LogP contribution in [0.5, 0.6) is 0 Å². The molecule has 0 aliphatic carbocycles. The second-order valence-electron chi connectivity index (χ2n) is 4.36. The number of carbonyl (C=O) groups excluding carboxylic acids is 1. The topological polar surface area (TPSA) is 72.5 Å². The fourth-order valence-electron chi connectivity index (χ4n) is 1.77. The van der Waals surface area contributed by atoms with Gasteiger partial charge in [0.2, 0.25) is 0 Å². The number of hydrogen-bond donors (Lipinski definition) is 2. The second kappa shape index (κ2) is 10.6. The fourth-order valence-corrected chi connectivity index (χ4v) is 2.23. The third-order valence-electron chi connectivity index (χ3n) is 2.63. The second-order valence-corrected chi connectivity index (χ2v) is 5.14. The molecule has 124 valence electrons. The van der Waals surface area contributed by atoms with Gasteiger partial charge in [0, 0.05) is 31.9 Å². The highest BCUT2D eigenvalue weighted by atomic mass is 35.5. The van der Waals surface area contributed by atoms with Crippen LogP contribution in [-0.4, -0.2) is 37.1 Å². The molecule has 0 unspecified atom stereocenters. The van der Waals surface area contributed by atoms with Crippen LogP contribution >= 0.6 is 23.2 Å². The molecule has 1 aromatic rings. The summed E-state index contributed by atoms with van der Waals surface area (Å²) in [5.41, 5.74) is 0.490. The molecule has 1 heterocycles. The Morgan fingerprint density at radius 2 is 1.82 bits per heavy atom. The Labute approximate surface area is 140 Å². The van der Waals surface area contributed by atoms with Crippen LogP contribution in [0.25, 0.3) is 0 Å². The van der Waals surface area contributed by atoms with Gasteiger partial charge in [-0.1, -0.05) is 23.2 Å². The Bertz CT molecular complexity index is 448. The van der Waals surface area contributed by atoms with Gasteiger partial charge in [0.15, 0.2) is 6.29 Å². The van der Waals surface area contributed by atoms with Gasteiger partial charge in [0.1, 0.15) is 10.3 Å². The monoisotopic (exact) mass is 349 g/mol. The van der Waals surface area contributed by atoms with E-state index < -0.39 is 0 Å². The molecule has 0 aliphatic rings. The third-order valence-corrected chi connectivity index (χ3v) is 3.02. The molecule has 0 aliphatic heterocycles. The summed E-state index contributed by atoms with van der Waals surface area (Å²) in [7, 11) is 0. The van der Waals surface area contributed by atoms with E-state index in [0.717, 1.165) is 12.8 Å². The Hall–Kier alpha value is -1.08. The van der Waals surface area contributed by atoms with Gasteiger partial charge in [-0.05, 0) is 32.4 Å². The van der Waals surface area contributed by atoms with E-state index in [9.17, 15) is 4.79 Å². The number of ether oxygens (including phenoxy) is 2. The van der Waals surface area contributed by atoms with Gasteiger partial charge in [-0.3, -0.25) is 0 Å². The highest BCUT2D eigenvalue weighted by molar-refractivity contribution is 6.32. The largest absolute Gasteiger partial charge is 0.353 e. The molecule has 2 amide bonds. The van der Waals surface area contributed by atoms with Gasteiger partial charge in [0.25, 0.3) is 0 Å². The van der Waals surface area contributed by atoms with Crippen LogP contribution in [-0.2, 0) is 9.47 Å². The predicted molar refractivity (Wildman–Crippen MR) is 87.6 cm³/mol. The van der Waals surface area contributed by atoms with Gasteiger partial charge < -0.3 is 20.1 Å². The summed E-state index contributed by atoms with van der Waals surface area (Å²) >= 11 is 11.5. The predicted octanol–water partition coefficient (Wildman–Crippen LogP) is 3.69. The number of amides is 2. The van der Waals surface area contributed by atoms with Crippen LogP contribution < -0.4 is 10.6 Å². The lowest BCUT2D eigenvalue weighted by atomic mass is 10.3. The van der Waals surface area contributed by atoms with Gasteiger partial charge in [-0.15, -0.1) is 0 Å². The van der Waals surface area contributed by atoms with Gasteiger partial charge >= 0.3 is 6.03 Å². The first kappa shape index (κ1) is 19.0. The van der Waals surface area contributed by atoms with Crippen molar-refractivity contribution in [2.45, 2.75) is 33.0 Å². The quantitative estimate of drug-likeness (QED) is 0.405. The molecule has 1 aromatic heterocycles. The lowest BCUT2D eigenvalue weighted by Crippen LogP contribution is -2.30. The smallest absolute Gasteiger partial charge is 0.319 e. The van der Waals surface area contributed by atoms with Crippen LogP contribution in [0.15, 0.2) is 12.1 Å². The minimum atomic E-state index is -0.331.